The number of hydrogen-bond acceptors (Lipinski definition) is 6. The quantitative estimate of drug-likeness (QED) is 0.250. The molecule has 3 aromatic carbocycles. The molecule has 0 fully saturated rings. The fourth-order valence-corrected chi connectivity index (χ4v) is 5.09. The van der Waals surface area contributed by atoms with Crippen molar-refractivity contribution in [2.45, 2.75) is 29.7 Å². The van der Waals surface area contributed by atoms with E-state index in [-0.39, 0.29) is 11.7 Å². The van der Waals surface area contributed by atoms with E-state index in [2.05, 4.69) is 46.7 Å². The summed E-state index contributed by atoms with van der Waals surface area (Å²) in [5, 5.41) is 13.0. The highest BCUT2D eigenvalue weighted by Crippen LogP contribution is 2.32. The Balaban J connectivity index is 1.50. The predicted octanol–water partition coefficient (Wildman–Crippen LogP) is 6.57. The fourth-order valence-electron chi connectivity index (χ4n) is 3.35. The Bertz CT molecular complexity index is 1310. The third-order valence-corrected chi connectivity index (χ3v) is 7.54. The van der Waals surface area contributed by atoms with E-state index in [0.29, 0.717) is 27.4 Å². The molecule has 0 atom stereocenters. The average Bonchev–Trinajstić information content (AvgIpc) is 3.28. The molecule has 0 saturated heterocycles. The second-order valence-corrected chi connectivity index (χ2v) is 10.2. The van der Waals surface area contributed by atoms with E-state index < -0.39 is 0 Å². The molecule has 1 heterocycles. The minimum absolute atomic E-state index is 0.168. The molecule has 6 nitrogen and oxygen atoms in total. The van der Waals surface area contributed by atoms with Crippen LogP contribution in [-0.4, -0.2) is 33.5 Å². The molecular weight excluding hydrogens is 500 g/mol. The Morgan fingerprint density at radius 2 is 1.77 bits per heavy atom. The number of thioether (sulfide) groups is 2. The largest absolute Gasteiger partial charge is 0.495 e. The van der Waals surface area contributed by atoms with Crippen molar-refractivity contribution in [1.29, 1.82) is 0 Å². The van der Waals surface area contributed by atoms with E-state index in [9.17, 15) is 4.79 Å². The van der Waals surface area contributed by atoms with Crippen molar-refractivity contribution in [3.8, 4) is 11.4 Å². The van der Waals surface area contributed by atoms with Crippen LogP contribution in [0.1, 0.15) is 17.0 Å². The van der Waals surface area contributed by atoms with Gasteiger partial charge in [-0.3, -0.25) is 9.36 Å². The van der Waals surface area contributed by atoms with Gasteiger partial charge in [0.2, 0.25) is 5.91 Å². The lowest BCUT2D eigenvalue weighted by atomic mass is 10.2. The molecule has 0 bridgehead atoms. The first-order valence-corrected chi connectivity index (χ1v) is 13.3. The molecule has 0 unspecified atom stereocenters. The van der Waals surface area contributed by atoms with Crippen LogP contribution in [0.15, 0.2) is 76.8 Å². The lowest BCUT2D eigenvalue weighted by Crippen LogP contribution is -2.15. The maximum absolute atomic E-state index is 12.8. The number of carbonyl (C=O) groups is 1. The maximum atomic E-state index is 12.8. The van der Waals surface area contributed by atoms with Crippen LogP contribution < -0.4 is 10.1 Å². The van der Waals surface area contributed by atoms with Gasteiger partial charge in [-0.2, -0.15) is 0 Å². The van der Waals surface area contributed by atoms with Crippen molar-refractivity contribution in [2.75, 3.05) is 18.2 Å². The van der Waals surface area contributed by atoms with Crippen LogP contribution in [-0.2, 0) is 10.5 Å². The van der Waals surface area contributed by atoms with Gasteiger partial charge in [0.15, 0.2) is 5.16 Å². The van der Waals surface area contributed by atoms with E-state index in [4.69, 9.17) is 16.3 Å². The summed E-state index contributed by atoms with van der Waals surface area (Å²) in [6, 6.07) is 21.8. The van der Waals surface area contributed by atoms with Gasteiger partial charge in [-0.15, -0.1) is 22.0 Å². The molecule has 1 aromatic heterocycles. The number of anilines is 1. The molecule has 0 aliphatic carbocycles. The zero-order valence-corrected chi connectivity index (χ0v) is 22.0. The van der Waals surface area contributed by atoms with Gasteiger partial charge in [-0.1, -0.05) is 59.3 Å². The maximum Gasteiger partial charge on any atom is 0.234 e. The van der Waals surface area contributed by atoms with Crippen LogP contribution in [0.25, 0.3) is 5.69 Å². The SMILES string of the molecule is COc1cc(Cl)c(C)cc1NC(=O)CSc1nnc(CSc2ccc(C)cc2)n1-c1ccccc1. The highest BCUT2D eigenvalue weighted by molar-refractivity contribution is 7.99. The Labute approximate surface area is 218 Å². The van der Waals surface area contributed by atoms with Crippen LogP contribution in [0.2, 0.25) is 5.02 Å². The first-order valence-electron chi connectivity index (χ1n) is 10.9. The van der Waals surface area contributed by atoms with Crippen molar-refractivity contribution in [1.82, 2.24) is 14.8 Å². The highest BCUT2D eigenvalue weighted by atomic mass is 35.5. The molecule has 35 heavy (non-hydrogen) atoms. The van der Waals surface area contributed by atoms with E-state index in [1.165, 1.54) is 22.2 Å². The normalized spacial score (nSPS) is 10.9. The molecular formula is C26H25ClN4O2S2. The van der Waals surface area contributed by atoms with Crippen LogP contribution in [0.4, 0.5) is 5.69 Å². The molecule has 0 radical (unpaired) electrons. The van der Waals surface area contributed by atoms with Gasteiger partial charge in [0.1, 0.15) is 11.6 Å². The van der Waals surface area contributed by atoms with E-state index in [0.717, 1.165) is 17.1 Å². The number of aryl methyl sites for hydroxylation is 2. The van der Waals surface area contributed by atoms with Gasteiger partial charge in [0.05, 0.1) is 24.3 Å². The van der Waals surface area contributed by atoms with Crippen LogP contribution >= 0.6 is 35.1 Å². The lowest BCUT2D eigenvalue weighted by Gasteiger charge is -2.13. The Kier molecular flexibility index (Phi) is 8.38. The van der Waals surface area contributed by atoms with Crippen molar-refractivity contribution < 1.29 is 9.53 Å². The molecule has 9 heteroatoms. The predicted molar refractivity (Wildman–Crippen MR) is 144 cm³/mol. The first-order chi connectivity index (χ1) is 16.9. The Hall–Kier alpha value is -2.94. The molecule has 1 N–H and O–H groups in total. The number of amides is 1. The number of rotatable bonds is 9. The number of hydrogen-bond donors (Lipinski definition) is 1. The van der Waals surface area contributed by atoms with Gasteiger partial charge in [-0.25, -0.2) is 0 Å². The number of nitrogens with one attached hydrogen (secondary N) is 1. The summed E-state index contributed by atoms with van der Waals surface area (Å²) < 4.78 is 7.37. The number of methoxy groups -OCH3 is 1. The third-order valence-electron chi connectivity index (χ3n) is 5.19. The molecule has 0 aliphatic rings. The molecule has 4 aromatic rings. The van der Waals surface area contributed by atoms with E-state index in [1.807, 2.05) is 41.8 Å². The van der Waals surface area contributed by atoms with Gasteiger partial charge in [0, 0.05) is 21.7 Å². The molecule has 0 spiro atoms. The number of halogens is 1. The van der Waals surface area contributed by atoms with E-state index >= 15 is 0 Å². The number of para-hydroxylation sites is 1. The smallest absolute Gasteiger partial charge is 0.234 e. The van der Waals surface area contributed by atoms with Crippen LogP contribution in [0, 0.1) is 13.8 Å². The zero-order chi connectivity index (χ0) is 24.8. The fraction of sp³-hybridized carbons (Fsp3) is 0.192. The number of carbonyl (C=O) groups excluding carboxylic acids is 1. The summed E-state index contributed by atoms with van der Waals surface area (Å²) in [5.41, 5.74) is 3.62. The molecule has 0 saturated carbocycles. The highest BCUT2D eigenvalue weighted by Gasteiger charge is 2.17. The van der Waals surface area contributed by atoms with Crippen LogP contribution in [0.3, 0.4) is 0 Å². The minimum Gasteiger partial charge on any atom is -0.495 e. The number of aromatic nitrogens is 3. The van der Waals surface area contributed by atoms with Gasteiger partial charge in [0.25, 0.3) is 0 Å². The second-order valence-electron chi connectivity index (χ2n) is 7.81. The van der Waals surface area contributed by atoms with Crippen LogP contribution in [0.5, 0.6) is 5.75 Å². The first kappa shape index (κ1) is 25.2. The monoisotopic (exact) mass is 524 g/mol. The summed E-state index contributed by atoms with van der Waals surface area (Å²) in [5.74, 6) is 1.98. The minimum atomic E-state index is -0.173. The second kappa shape index (κ2) is 11.7. The van der Waals surface area contributed by atoms with Gasteiger partial charge in [-0.05, 0) is 49.7 Å². The topological polar surface area (TPSA) is 69.0 Å². The molecule has 1 amide bonds. The molecule has 4 rings (SSSR count). The van der Waals surface area contributed by atoms with Gasteiger partial charge < -0.3 is 10.1 Å². The summed E-state index contributed by atoms with van der Waals surface area (Å²) in [6.45, 7) is 3.95. The van der Waals surface area contributed by atoms with Crippen molar-refractivity contribution >= 4 is 46.7 Å². The third kappa shape index (κ3) is 6.39. The average molecular weight is 525 g/mol. The molecule has 180 valence electrons. The number of nitrogens with zero attached hydrogens (tertiary/aromatic N) is 3. The standard InChI is InChI=1S/C26H25ClN4O2S2/c1-17-9-11-20(12-10-17)34-15-24-29-30-26(31(24)19-7-5-4-6-8-19)35-16-25(32)28-22-13-18(2)21(27)14-23(22)33-3/h4-14H,15-16H2,1-3H3,(H,28,32). The number of benzene rings is 3. The zero-order valence-electron chi connectivity index (χ0n) is 19.6. The summed E-state index contributed by atoms with van der Waals surface area (Å²) in [7, 11) is 1.55. The van der Waals surface area contributed by atoms with E-state index in [1.54, 1.807) is 31.0 Å². The van der Waals surface area contributed by atoms with Gasteiger partial charge >= 0.3 is 0 Å². The summed E-state index contributed by atoms with van der Waals surface area (Å²) in [4.78, 5) is 13.9. The Morgan fingerprint density at radius 1 is 1.03 bits per heavy atom. The summed E-state index contributed by atoms with van der Waals surface area (Å²) >= 11 is 9.21. The van der Waals surface area contributed by atoms with Crippen molar-refractivity contribution in [3.05, 3.63) is 88.7 Å². The van der Waals surface area contributed by atoms with Crippen molar-refractivity contribution in [3.63, 3.8) is 0 Å². The lowest BCUT2D eigenvalue weighted by molar-refractivity contribution is -0.113. The summed E-state index contributed by atoms with van der Waals surface area (Å²) in [6.07, 6.45) is 0. The Morgan fingerprint density at radius 3 is 2.49 bits per heavy atom. The molecule has 0 aliphatic heterocycles. The number of ether oxygens (including phenoxy) is 1. The van der Waals surface area contributed by atoms with Crippen molar-refractivity contribution in [2.24, 2.45) is 0 Å².